The second-order valence-corrected chi connectivity index (χ2v) is 5.32. The van der Waals surface area contributed by atoms with Gasteiger partial charge in [0.15, 0.2) is 0 Å². The number of pyridine rings is 1. The van der Waals surface area contributed by atoms with Crippen LogP contribution in [0, 0.1) is 11.3 Å². The van der Waals surface area contributed by atoms with Crippen molar-refractivity contribution in [3.63, 3.8) is 0 Å². The van der Waals surface area contributed by atoms with Gasteiger partial charge in [-0.15, -0.1) is 0 Å². The van der Waals surface area contributed by atoms with Crippen molar-refractivity contribution >= 4 is 17.5 Å². The second-order valence-electron chi connectivity index (χ2n) is 5.32. The van der Waals surface area contributed by atoms with E-state index in [0.29, 0.717) is 17.1 Å². The minimum Gasteiger partial charge on any atom is -0.344 e. The van der Waals surface area contributed by atoms with Gasteiger partial charge in [0, 0.05) is 18.9 Å². The smallest absolute Gasteiger partial charge is 0.313 e. The minimum absolute atomic E-state index is 0.152. The quantitative estimate of drug-likeness (QED) is 0.693. The summed E-state index contributed by atoms with van der Waals surface area (Å²) in [5, 5.41) is 13.9. The van der Waals surface area contributed by atoms with Gasteiger partial charge in [-0.2, -0.15) is 5.26 Å². The Morgan fingerprint density at radius 1 is 1.19 bits per heavy atom. The van der Waals surface area contributed by atoms with Gasteiger partial charge in [-0.25, -0.2) is 9.97 Å². The van der Waals surface area contributed by atoms with Crippen molar-refractivity contribution in [2.24, 2.45) is 0 Å². The monoisotopic (exact) mass is 346 g/mol. The third kappa shape index (κ3) is 4.10. The van der Waals surface area contributed by atoms with Crippen LogP contribution < -0.4 is 10.6 Å². The highest BCUT2D eigenvalue weighted by atomic mass is 16.2. The summed E-state index contributed by atoms with van der Waals surface area (Å²) in [7, 11) is 0. The van der Waals surface area contributed by atoms with Crippen molar-refractivity contribution in [3.05, 3.63) is 72.4 Å². The number of carbonyl (C=O) groups excluding carboxylic acids is 2. The Bertz CT molecular complexity index is 958. The van der Waals surface area contributed by atoms with Gasteiger partial charge < -0.3 is 10.6 Å². The molecule has 0 bridgehead atoms. The van der Waals surface area contributed by atoms with Gasteiger partial charge in [0.05, 0.1) is 23.5 Å². The van der Waals surface area contributed by atoms with Crippen molar-refractivity contribution < 1.29 is 9.59 Å². The molecule has 1 aromatic carbocycles. The van der Waals surface area contributed by atoms with Gasteiger partial charge in [-0.05, 0) is 29.8 Å². The summed E-state index contributed by atoms with van der Waals surface area (Å²) in [5.41, 5.74) is 1.63. The lowest BCUT2D eigenvalue weighted by Gasteiger charge is -2.07. The van der Waals surface area contributed by atoms with Gasteiger partial charge in [0.25, 0.3) is 0 Å². The number of imidazole rings is 1. The number of hydrogen-bond donors (Lipinski definition) is 2. The highest BCUT2D eigenvalue weighted by molar-refractivity contribution is 6.39. The fraction of sp³-hybridized carbons (Fsp3) is 0.0556. The molecule has 3 aromatic rings. The zero-order valence-electron chi connectivity index (χ0n) is 13.6. The number of rotatable bonds is 4. The van der Waals surface area contributed by atoms with E-state index in [2.05, 4.69) is 20.6 Å². The van der Waals surface area contributed by atoms with Crippen molar-refractivity contribution in [1.82, 2.24) is 19.9 Å². The van der Waals surface area contributed by atoms with Crippen molar-refractivity contribution in [3.8, 4) is 11.9 Å². The third-order valence-electron chi connectivity index (χ3n) is 3.49. The maximum atomic E-state index is 12.0. The molecule has 2 heterocycles. The van der Waals surface area contributed by atoms with E-state index in [1.165, 1.54) is 6.20 Å². The number of aromatic nitrogens is 3. The van der Waals surface area contributed by atoms with Crippen LogP contribution in [-0.4, -0.2) is 26.3 Å². The number of benzene rings is 1. The summed E-state index contributed by atoms with van der Waals surface area (Å²) in [6, 6.07) is 12.2. The zero-order chi connectivity index (χ0) is 18.4. The number of nitrogens with one attached hydrogen (secondary N) is 2. The Balaban J connectivity index is 1.55. The molecule has 2 N–H and O–H groups in total. The summed E-state index contributed by atoms with van der Waals surface area (Å²) < 4.78 is 1.72. The first-order chi connectivity index (χ1) is 12.7. The van der Waals surface area contributed by atoms with E-state index in [-0.39, 0.29) is 6.54 Å². The average Bonchev–Trinajstić information content (AvgIpc) is 3.21. The van der Waals surface area contributed by atoms with E-state index < -0.39 is 11.8 Å². The molecule has 8 heteroatoms. The van der Waals surface area contributed by atoms with E-state index in [4.69, 9.17) is 5.26 Å². The first kappa shape index (κ1) is 16.9. The van der Waals surface area contributed by atoms with Crippen molar-refractivity contribution in [2.75, 3.05) is 5.32 Å². The van der Waals surface area contributed by atoms with Crippen LogP contribution in [0.3, 0.4) is 0 Å². The molecule has 128 valence electrons. The standard InChI is InChI=1S/C18H14N6O2/c19-9-13-2-1-3-14(8-13)10-22-17(25)18(26)23-15-4-5-16(21-11-15)24-7-6-20-12-24/h1-8,11-12H,10H2,(H,22,25)(H,23,26). The highest BCUT2D eigenvalue weighted by Gasteiger charge is 2.13. The Morgan fingerprint density at radius 2 is 2.08 bits per heavy atom. The predicted molar refractivity (Wildman–Crippen MR) is 93.0 cm³/mol. The number of carbonyl (C=O) groups is 2. The molecule has 0 fully saturated rings. The van der Waals surface area contributed by atoms with Crippen LogP contribution in [0.5, 0.6) is 0 Å². The highest BCUT2D eigenvalue weighted by Crippen LogP contribution is 2.09. The van der Waals surface area contributed by atoms with Crippen LogP contribution in [0.1, 0.15) is 11.1 Å². The van der Waals surface area contributed by atoms with Gasteiger partial charge in [0.2, 0.25) is 0 Å². The first-order valence-electron chi connectivity index (χ1n) is 7.68. The third-order valence-corrected chi connectivity index (χ3v) is 3.49. The van der Waals surface area contributed by atoms with Gasteiger partial charge in [-0.3, -0.25) is 14.2 Å². The summed E-state index contributed by atoms with van der Waals surface area (Å²) in [5.74, 6) is -0.924. The Kier molecular flexibility index (Phi) is 5.00. The fourth-order valence-corrected chi connectivity index (χ4v) is 2.21. The second kappa shape index (κ2) is 7.72. The van der Waals surface area contributed by atoms with E-state index >= 15 is 0 Å². The summed E-state index contributed by atoms with van der Waals surface area (Å²) >= 11 is 0. The van der Waals surface area contributed by atoms with E-state index in [1.54, 1.807) is 59.7 Å². The maximum absolute atomic E-state index is 12.0. The van der Waals surface area contributed by atoms with Crippen LogP contribution in [0.4, 0.5) is 5.69 Å². The topological polar surface area (TPSA) is 113 Å². The summed E-state index contributed by atoms with van der Waals surface area (Å²) in [6.07, 6.45) is 6.44. The SMILES string of the molecule is N#Cc1cccc(CNC(=O)C(=O)Nc2ccc(-n3ccnc3)nc2)c1. The molecule has 0 aliphatic rings. The Labute approximate surface area is 149 Å². The molecule has 0 aliphatic carbocycles. The van der Waals surface area contributed by atoms with Crippen molar-refractivity contribution in [1.29, 1.82) is 5.26 Å². The van der Waals surface area contributed by atoms with E-state index in [0.717, 1.165) is 5.56 Å². The summed E-state index contributed by atoms with van der Waals surface area (Å²) in [4.78, 5) is 32.0. The fourth-order valence-electron chi connectivity index (χ4n) is 2.21. The van der Waals surface area contributed by atoms with E-state index in [1.807, 2.05) is 6.07 Å². The zero-order valence-corrected chi connectivity index (χ0v) is 13.6. The minimum atomic E-state index is -0.793. The molecule has 26 heavy (non-hydrogen) atoms. The number of nitriles is 1. The van der Waals surface area contributed by atoms with Crippen LogP contribution in [0.2, 0.25) is 0 Å². The van der Waals surface area contributed by atoms with Crippen LogP contribution in [0.25, 0.3) is 5.82 Å². The Hall–Kier alpha value is -3.99. The number of nitrogens with zero attached hydrogens (tertiary/aromatic N) is 4. The Morgan fingerprint density at radius 3 is 2.77 bits per heavy atom. The molecule has 0 saturated heterocycles. The molecule has 2 aromatic heterocycles. The van der Waals surface area contributed by atoms with E-state index in [9.17, 15) is 9.59 Å². The molecular formula is C18H14N6O2. The maximum Gasteiger partial charge on any atom is 0.313 e. The average molecular weight is 346 g/mol. The van der Waals surface area contributed by atoms with Crippen LogP contribution >= 0.6 is 0 Å². The molecule has 0 radical (unpaired) electrons. The van der Waals surface area contributed by atoms with Crippen molar-refractivity contribution in [2.45, 2.75) is 6.54 Å². The van der Waals surface area contributed by atoms with Gasteiger partial charge in [-0.1, -0.05) is 12.1 Å². The molecule has 0 spiro atoms. The number of hydrogen-bond acceptors (Lipinski definition) is 5. The molecule has 0 unspecified atom stereocenters. The first-order valence-corrected chi connectivity index (χ1v) is 7.68. The molecule has 0 atom stereocenters. The lowest BCUT2D eigenvalue weighted by molar-refractivity contribution is -0.136. The van der Waals surface area contributed by atoms with Crippen LogP contribution in [-0.2, 0) is 16.1 Å². The lowest BCUT2D eigenvalue weighted by atomic mass is 10.1. The molecule has 0 aliphatic heterocycles. The lowest BCUT2D eigenvalue weighted by Crippen LogP contribution is -2.35. The number of amides is 2. The predicted octanol–water partition coefficient (Wildman–Crippen LogP) is 1.39. The summed E-state index contributed by atoms with van der Waals surface area (Å²) in [6.45, 7) is 0.152. The van der Waals surface area contributed by atoms with Gasteiger partial charge >= 0.3 is 11.8 Å². The number of anilines is 1. The molecule has 3 rings (SSSR count). The molecular weight excluding hydrogens is 332 g/mol. The normalized spacial score (nSPS) is 9.96. The molecule has 2 amide bonds. The van der Waals surface area contributed by atoms with Gasteiger partial charge in [0.1, 0.15) is 12.1 Å². The molecule has 8 nitrogen and oxygen atoms in total. The van der Waals surface area contributed by atoms with Crippen LogP contribution in [0.15, 0.2) is 61.3 Å². The largest absolute Gasteiger partial charge is 0.344 e. The molecule has 0 saturated carbocycles.